The molecule has 16 heavy (non-hydrogen) atoms. The minimum atomic E-state index is -1.11. The zero-order valence-corrected chi connectivity index (χ0v) is 9.44. The molecule has 0 aliphatic rings. The second kappa shape index (κ2) is 4.30. The fourth-order valence-corrected chi connectivity index (χ4v) is 0.984. The monoisotopic (exact) mass is 222 g/mol. The molecule has 0 aliphatic heterocycles. The molecule has 0 bridgehead atoms. The molecule has 0 radical (unpaired) electrons. The number of carboxylic acids is 1. The summed E-state index contributed by atoms with van der Waals surface area (Å²) in [6, 6.07) is 1.47. The average Bonchev–Trinajstić information content (AvgIpc) is 2.16. The first-order valence-corrected chi connectivity index (χ1v) is 4.81. The van der Waals surface area contributed by atoms with Gasteiger partial charge in [0.15, 0.2) is 0 Å². The van der Waals surface area contributed by atoms with Gasteiger partial charge in [0.25, 0.3) is 0 Å². The Morgan fingerprint density at radius 3 is 2.50 bits per heavy atom. The molecule has 0 atom stereocenters. The van der Waals surface area contributed by atoms with Gasteiger partial charge >= 0.3 is 5.97 Å². The number of nitrogens with zero attached hydrogens (tertiary/aromatic N) is 1. The summed E-state index contributed by atoms with van der Waals surface area (Å²) in [6.07, 6.45) is 2.64. The number of aromatic carboxylic acids is 1. The van der Waals surface area contributed by atoms with Crippen molar-refractivity contribution >= 4 is 17.6 Å². The summed E-state index contributed by atoms with van der Waals surface area (Å²) in [5, 5.41) is 11.5. The Balaban J connectivity index is 2.98. The van der Waals surface area contributed by atoms with Crippen LogP contribution in [0.1, 0.15) is 31.1 Å². The van der Waals surface area contributed by atoms with Crippen LogP contribution in [0.15, 0.2) is 18.5 Å². The van der Waals surface area contributed by atoms with Gasteiger partial charge in [0.05, 0.1) is 5.69 Å². The maximum absolute atomic E-state index is 11.7. The highest BCUT2D eigenvalue weighted by Gasteiger charge is 2.22. The molecule has 1 heterocycles. The molecule has 1 amide bonds. The molecule has 86 valence electrons. The summed E-state index contributed by atoms with van der Waals surface area (Å²) in [4.78, 5) is 26.2. The van der Waals surface area contributed by atoms with Crippen LogP contribution in [-0.4, -0.2) is 22.0 Å². The van der Waals surface area contributed by atoms with Crippen molar-refractivity contribution in [3.8, 4) is 0 Å². The fourth-order valence-electron chi connectivity index (χ4n) is 0.984. The number of aromatic nitrogens is 1. The quantitative estimate of drug-likeness (QED) is 0.799. The molecule has 0 saturated heterocycles. The Morgan fingerprint density at radius 1 is 1.38 bits per heavy atom. The largest absolute Gasteiger partial charge is 0.478 e. The van der Waals surface area contributed by atoms with Gasteiger partial charge in [-0.05, 0) is 6.07 Å². The van der Waals surface area contributed by atoms with Crippen molar-refractivity contribution in [3.63, 3.8) is 0 Å². The zero-order valence-electron chi connectivity index (χ0n) is 9.44. The number of hydrogen-bond donors (Lipinski definition) is 2. The van der Waals surface area contributed by atoms with E-state index in [0.29, 0.717) is 0 Å². The summed E-state index contributed by atoms with van der Waals surface area (Å²) in [6.45, 7) is 5.26. The smallest absolute Gasteiger partial charge is 0.339 e. The molecule has 5 nitrogen and oxygen atoms in total. The fraction of sp³-hybridized carbons (Fsp3) is 0.364. The highest BCUT2D eigenvalue weighted by Crippen LogP contribution is 2.19. The van der Waals surface area contributed by atoms with E-state index in [4.69, 9.17) is 5.11 Å². The number of hydrogen-bond acceptors (Lipinski definition) is 3. The van der Waals surface area contributed by atoms with Gasteiger partial charge in [0.1, 0.15) is 5.56 Å². The Labute approximate surface area is 93.5 Å². The Kier molecular flexibility index (Phi) is 3.27. The third-order valence-corrected chi connectivity index (χ3v) is 1.98. The number of anilines is 1. The molecule has 0 fully saturated rings. The summed E-state index contributed by atoms with van der Waals surface area (Å²) in [5.41, 5.74) is -0.318. The highest BCUT2D eigenvalue weighted by molar-refractivity contribution is 6.01. The minimum Gasteiger partial charge on any atom is -0.478 e. The molecule has 2 N–H and O–H groups in total. The van der Waals surface area contributed by atoms with Gasteiger partial charge in [0.2, 0.25) is 5.91 Å². The number of nitrogens with one attached hydrogen (secondary N) is 1. The number of carbonyl (C=O) groups is 2. The number of rotatable bonds is 2. The molecule has 0 aliphatic carbocycles. The molecule has 1 aromatic heterocycles. The third-order valence-electron chi connectivity index (χ3n) is 1.98. The lowest BCUT2D eigenvalue weighted by atomic mass is 9.95. The van der Waals surface area contributed by atoms with Crippen LogP contribution in [0.4, 0.5) is 5.69 Å². The van der Waals surface area contributed by atoms with E-state index >= 15 is 0 Å². The molecular formula is C11H14N2O3. The van der Waals surface area contributed by atoms with Crippen LogP contribution < -0.4 is 5.32 Å². The van der Waals surface area contributed by atoms with Crippen molar-refractivity contribution in [1.29, 1.82) is 0 Å². The molecular weight excluding hydrogens is 208 g/mol. The van der Waals surface area contributed by atoms with Crippen LogP contribution in [0.3, 0.4) is 0 Å². The van der Waals surface area contributed by atoms with Crippen LogP contribution in [0.2, 0.25) is 0 Å². The lowest BCUT2D eigenvalue weighted by Crippen LogP contribution is -2.28. The first-order valence-electron chi connectivity index (χ1n) is 4.81. The number of carbonyl (C=O) groups excluding carboxylic acids is 1. The van der Waals surface area contributed by atoms with Crippen LogP contribution >= 0.6 is 0 Å². The van der Waals surface area contributed by atoms with Crippen molar-refractivity contribution in [1.82, 2.24) is 4.98 Å². The minimum absolute atomic E-state index is 0.0138. The van der Waals surface area contributed by atoms with Crippen molar-refractivity contribution < 1.29 is 14.7 Å². The van der Waals surface area contributed by atoms with E-state index in [1.165, 1.54) is 18.5 Å². The van der Waals surface area contributed by atoms with Crippen molar-refractivity contribution in [2.45, 2.75) is 20.8 Å². The predicted octanol–water partition coefficient (Wildman–Crippen LogP) is 1.76. The summed E-state index contributed by atoms with van der Waals surface area (Å²) in [5.74, 6) is -1.35. The van der Waals surface area contributed by atoms with E-state index in [2.05, 4.69) is 10.3 Å². The van der Waals surface area contributed by atoms with Crippen molar-refractivity contribution in [2.24, 2.45) is 5.41 Å². The van der Waals surface area contributed by atoms with Crippen LogP contribution in [0, 0.1) is 5.41 Å². The molecule has 0 unspecified atom stereocenters. The van der Waals surface area contributed by atoms with Gasteiger partial charge in [0, 0.05) is 17.8 Å². The second-order valence-electron chi connectivity index (χ2n) is 4.43. The van der Waals surface area contributed by atoms with Crippen molar-refractivity contribution in [3.05, 3.63) is 24.0 Å². The normalized spacial score (nSPS) is 10.9. The topological polar surface area (TPSA) is 79.3 Å². The van der Waals surface area contributed by atoms with Gasteiger partial charge in [-0.3, -0.25) is 9.78 Å². The van der Waals surface area contributed by atoms with E-state index in [1.807, 2.05) is 0 Å². The lowest BCUT2D eigenvalue weighted by molar-refractivity contribution is -0.123. The first-order chi connectivity index (χ1) is 7.32. The Hall–Kier alpha value is -1.91. The maximum atomic E-state index is 11.7. The summed E-state index contributed by atoms with van der Waals surface area (Å²) < 4.78 is 0. The molecule has 0 saturated carbocycles. The Morgan fingerprint density at radius 2 is 2.00 bits per heavy atom. The lowest BCUT2D eigenvalue weighted by Gasteiger charge is -2.18. The summed E-state index contributed by atoms with van der Waals surface area (Å²) in [7, 11) is 0. The van der Waals surface area contributed by atoms with Crippen LogP contribution in [0.5, 0.6) is 0 Å². The van der Waals surface area contributed by atoms with E-state index in [9.17, 15) is 9.59 Å². The molecule has 5 heteroatoms. The number of carboxylic acid groups (broad SMARTS) is 1. The molecule has 1 aromatic rings. The van der Waals surface area contributed by atoms with Crippen LogP contribution in [0.25, 0.3) is 0 Å². The van der Waals surface area contributed by atoms with E-state index in [0.717, 1.165) is 0 Å². The zero-order chi connectivity index (χ0) is 12.3. The standard InChI is InChI=1S/C11H14N2O3/c1-11(2,3)10(16)13-8-4-5-12-6-7(8)9(14)15/h4-6H,1-3H3,(H,14,15)(H,12,13,16). The van der Waals surface area contributed by atoms with Crippen molar-refractivity contribution in [2.75, 3.05) is 5.32 Å². The molecule has 1 rings (SSSR count). The number of amides is 1. The van der Waals surface area contributed by atoms with E-state index < -0.39 is 11.4 Å². The van der Waals surface area contributed by atoms with Gasteiger partial charge in [-0.25, -0.2) is 4.79 Å². The third kappa shape index (κ3) is 2.79. The van der Waals surface area contributed by atoms with E-state index in [1.54, 1.807) is 20.8 Å². The SMILES string of the molecule is CC(C)(C)C(=O)Nc1ccncc1C(=O)O. The van der Waals surface area contributed by atoms with Gasteiger partial charge in [-0.15, -0.1) is 0 Å². The van der Waals surface area contributed by atoms with Crippen LogP contribution in [-0.2, 0) is 4.79 Å². The molecule has 0 spiro atoms. The van der Waals surface area contributed by atoms with Gasteiger partial charge < -0.3 is 10.4 Å². The molecule has 0 aromatic carbocycles. The number of pyridine rings is 1. The van der Waals surface area contributed by atoms with Gasteiger partial charge in [-0.1, -0.05) is 20.8 Å². The van der Waals surface area contributed by atoms with E-state index in [-0.39, 0.29) is 17.2 Å². The highest BCUT2D eigenvalue weighted by atomic mass is 16.4. The first kappa shape index (κ1) is 12.2. The summed E-state index contributed by atoms with van der Waals surface area (Å²) >= 11 is 0. The van der Waals surface area contributed by atoms with Gasteiger partial charge in [-0.2, -0.15) is 0 Å². The predicted molar refractivity (Wildman–Crippen MR) is 59.3 cm³/mol. The average molecular weight is 222 g/mol. The Bertz CT molecular complexity index is 421. The maximum Gasteiger partial charge on any atom is 0.339 e. The second-order valence-corrected chi connectivity index (χ2v) is 4.43.